The van der Waals surface area contributed by atoms with Gasteiger partial charge in [-0.25, -0.2) is 0 Å². The minimum Gasteiger partial charge on any atom is -0.454 e. The van der Waals surface area contributed by atoms with Crippen LogP contribution in [0.15, 0.2) is 48.5 Å². The van der Waals surface area contributed by atoms with E-state index in [1.54, 1.807) is 36.4 Å². The fourth-order valence-electron chi connectivity index (χ4n) is 4.64. The second-order valence-electron chi connectivity index (χ2n) is 8.33. The Kier molecular flexibility index (Phi) is 6.52. The molecule has 1 saturated carbocycles. The van der Waals surface area contributed by atoms with Gasteiger partial charge in [0.25, 0.3) is 17.7 Å². The van der Waals surface area contributed by atoms with Gasteiger partial charge in [-0.15, -0.1) is 0 Å². The number of nitrogens with zero attached hydrogens (tertiary/aromatic N) is 2. The predicted octanol–water partition coefficient (Wildman–Crippen LogP) is 2.98. The molecule has 0 spiro atoms. The third-order valence-corrected chi connectivity index (χ3v) is 6.77. The van der Waals surface area contributed by atoms with Gasteiger partial charge < -0.3 is 9.64 Å². The van der Waals surface area contributed by atoms with Gasteiger partial charge in [-0.1, -0.05) is 41.9 Å². The first-order valence-electron chi connectivity index (χ1n) is 10.9. The molecule has 9 heteroatoms. The Bertz CT molecular complexity index is 1160. The number of carbonyl (C=O) groups excluding carboxylic acids is 5. The van der Waals surface area contributed by atoms with Crippen LogP contribution in [0.1, 0.15) is 52.0 Å². The highest BCUT2D eigenvalue weighted by Crippen LogP contribution is 2.42. The van der Waals surface area contributed by atoms with Crippen LogP contribution in [0.5, 0.6) is 0 Å². The highest BCUT2D eigenvalue weighted by Gasteiger charge is 2.48. The van der Waals surface area contributed by atoms with Crippen molar-refractivity contribution in [1.82, 2.24) is 9.80 Å². The zero-order chi connectivity index (χ0) is 24.5. The van der Waals surface area contributed by atoms with Gasteiger partial charge >= 0.3 is 5.97 Å². The number of esters is 1. The summed E-state index contributed by atoms with van der Waals surface area (Å²) in [7, 11) is 1.49. The number of benzene rings is 2. The highest BCUT2D eigenvalue weighted by atomic mass is 35.5. The van der Waals surface area contributed by atoms with E-state index in [1.165, 1.54) is 24.1 Å². The highest BCUT2D eigenvalue weighted by molar-refractivity contribution is 6.31. The van der Waals surface area contributed by atoms with Gasteiger partial charge in [-0.3, -0.25) is 28.9 Å². The average molecular weight is 483 g/mol. The number of ketones is 1. The molecule has 0 bridgehead atoms. The van der Waals surface area contributed by atoms with Crippen LogP contribution in [0.2, 0.25) is 5.02 Å². The largest absolute Gasteiger partial charge is 0.454 e. The number of rotatable bonds is 6. The second kappa shape index (κ2) is 9.38. The Hall–Kier alpha value is -3.52. The van der Waals surface area contributed by atoms with Crippen LogP contribution in [0, 0.1) is 0 Å². The quantitative estimate of drug-likeness (QED) is 0.463. The molecule has 0 N–H and O–H groups in total. The molecule has 1 aliphatic carbocycles. The van der Waals surface area contributed by atoms with E-state index in [1.807, 2.05) is 0 Å². The van der Waals surface area contributed by atoms with Gasteiger partial charge in [-0.2, -0.15) is 0 Å². The van der Waals surface area contributed by atoms with Gasteiger partial charge in [0.2, 0.25) is 0 Å². The maximum absolute atomic E-state index is 13.1. The third-order valence-electron chi connectivity index (χ3n) is 6.44. The molecule has 0 aromatic heterocycles. The first kappa shape index (κ1) is 23.6. The van der Waals surface area contributed by atoms with Gasteiger partial charge in [0.15, 0.2) is 12.4 Å². The lowest BCUT2D eigenvalue weighted by Crippen LogP contribution is -2.55. The molecule has 2 aromatic carbocycles. The van der Waals surface area contributed by atoms with Crippen LogP contribution < -0.4 is 0 Å². The number of ether oxygens (including phenoxy) is 1. The zero-order valence-corrected chi connectivity index (χ0v) is 19.3. The second-order valence-corrected chi connectivity index (χ2v) is 8.73. The van der Waals surface area contributed by atoms with Crippen molar-refractivity contribution in [3.8, 4) is 0 Å². The number of hydrogen-bond donors (Lipinski definition) is 0. The van der Waals surface area contributed by atoms with Crippen molar-refractivity contribution in [3.63, 3.8) is 0 Å². The molecule has 2 aliphatic rings. The van der Waals surface area contributed by atoms with E-state index in [4.69, 9.17) is 16.3 Å². The minimum absolute atomic E-state index is 0.125. The van der Waals surface area contributed by atoms with Crippen LogP contribution in [0.3, 0.4) is 0 Å². The van der Waals surface area contributed by atoms with Crippen LogP contribution in [-0.4, -0.2) is 59.5 Å². The number of likely N-dealkylation sites (N-methyl/N-ethyl adjacent to an activating group) is 1. The molecule has 0 radical (unpaired) electrons. The van der Waals surface area contributed by atoms with Crippen LogP contribution in [0.25, 0.3) is 0 Å². The number of fused-ring (bicyclic) bond motifs is 1. The number of carbonyl (C=O) groups is 5. The molecule has 8 nitrogen and oxygen atoms in total. The number of amides is 3. The van der Waals surface area contributed by atoms with Gasteiger partial charge in [0, 0.05) is 24.1 Å². The zero-order valence-electron chi connectivity index (χ0n) is 18.6. The number of Topliss-reactive ketones (excluding diaryl/α,β-unsaturated/α-hetero) is 1. The van der Waals surface area contributed by atoms with E-state index in [0.717, 1.165) is 17.7 Å². The van der Waals surface area contributed by atoms with Crippen LogP contribution in [0.4, 0.5) is 0 Å². The fourth-order valence-corrected chi connectivity index (χ4v) is 4.93. The normalized spacial score (nSPS) is 19.7. The van der Waals surface area contributed by atoms with E-state index < -0.39 is 42.4 Å². The summed E-state index contributed by atoms with van der Waals surface area (Å²) in [6, 6.07) is 13.2. The van der Waals surface area contributed by atoms with Gasteiger partial charge in [0.1, 0.15) is 12.1 Å². The first-order chi connectivity index (χ1) is 16.3. The van der Waals surface area contributed by atoms with E-state index in [2.05, 4.69) is 0 Å². The summed E-state index contributed by atoms with van der Waals surface area (Å²) in [6.45, 7) is -1.25. The molecule has 3 amide bonds. The third kappa shape index (κ3) is 3.98. The van der Waals surface area contributed by atoms with E-state index in [0.29, 0.717) is 23.4 Å². The summed E-state index contributed by atoms with van der Waals surface area (Å²) in [5, 5.41) is 0.375. The number of halogens is 1. The van der Waals surface area contributed by atoms with Crippen molar-refractivity contribution in [2.45, 2.75) is 31.2 Å². The average Bonchev–Trinajstić information content (AvgIpc) is 3.08. The molecule has 1 aliphatic heterocycles. The van der Waals surface area contributed by atoms with Crippen molar-refractivity contribution in [1.29, 1.82) is 0 Å². The van der Waals surface area contributed by atoms with Crippen molar-refractivity contribution < 1.29 is 28.7 Å². The van der Waals surface area contributed by atoms with Crippen molar-refractivity contribution in [2.24, 2.45) is 0 Å². The summed E-state index contributed by atoms with van der Waals surface area (Å²) in [6.07, 6.45) is 2.17. The summed E-state index contributed by atoms with van der Waals surface area (Å²) in [5.74, 6) is -2.80. The molecule has 0 saturated heterocycles. The number of imide groups is 1. The SMILES string of the molecule is CN(C(=O)COC(=O)CN1C(=O)c2ccccc2C1=O)[C@@]1(c2ccccc2Cl)CCCCC1=O. The first-order valence-corrected chi connectivity index (χ1v) is 11.3. The molecule has 1 atom stereocenters. The minimum atomic E-state index is -1.25. The van der Waals surface area contributed by atoms with Gasteiger partial charge in [-0.05, 0) is 37.5 Å². The lowest BCUT2D eigenvalue weighted by atomic mass is 9.74. The van der Waals surface area contributed by atoms with Crippen LogP contribution >= 0.6 is 11.6 Å². The topological polar surface area (TPSA) is 101 Å². The fraction of sp³-hybridized carbons (Fsp3) is 0.320. The van der Waals surface area contributed by atoms with Crippen molar-refractivity contribution >= 4 is 41.1 Å². The summed E-state index contributed by atoms with van der Waals surface area (Å²) < 4.78 is 5.10. The van der Waals surface area contributed by atoms with E-state index >= 15 is 0 Å². The Morgan fingerprint density at radius 2 is 1.62 bits per heavy atom. The molecular formula is C25H23ClN2O6. The Morgan fingerprint density at radius 1 is 1.00 bits per heavy atom. The standard InChI is InChI=1S/C25H23ClN2O6/c1-27(25(13-7-6-12-20(25)29)18-10-4-5-11-19(18)26)21(30)15-34-22(31)14-28-23(32)16-8-2-3-9-17(16)24(28)33/h2-5,8-11H,6-7,12-15H2,1H3/t25-/m1/s1. The molecule has 1 fully saturated rings. The lowest BCUT2D eigenvalue weighted by Gasteiger charge is -2.43. The maximum atomic E-state index is 13.1. The van der Waals surface area contributed by atoms with E-state index in [-0.39, 0.29) is 16.9 Å². The molecule has 0 unspecified atom stereocenters. The molecule has 2 aromatic rings. The number of hydrogen-bond acceptors (Lipinski definition) is 6. The van der Waals surface area contributed by atoms with Crippen molar-refractivity contribution in [3.05, 3.63) is 70.2 Å². The summed E-state index contributed by atoms with van der Waals surface area (Å²) in [4.78, 5) is 65.5. The monoisotopic (exact) mass is 482 g/mol. The molecular weight excluding hydrogens is 460 g/mol. The van der Waals surface area contributed by atoms with Gasteiger partial charge in [0.05, 0.1) is 11.1 Å². The Balaban J connectivity index is 1.45. The smallest absolute Gasteiger partial charge is 0.326 e. The van der Waals surface area contributed by atoms with Crippen molar-refractivity contribution in [2.75, 3.05) is 20.2 Å². The Morgan fingerprint density at radius 3 is 2.24 bits per heavy atom. The predicted molar refractivity (Wildman–Crippen MR) is 122 cm³/mol. The van der Waals surface area contributed by atoms with E-state index in [9.17, 15) is 24.0 Å². The Labute approximate surface area is 201 Å². The lowest BCUT2D eigenvalue weighted by molar-refractivity contribution is -0.157. The summed E-state index contributed by atoms with van der Waals surface area (Å²) >= 11 is 6.40. The molecule has 4 rings (SSSR count). The maximum Gasteiger partial charge on any atom is 0.326 e. The van der Waals surface area contributed by atoms with Crippen LogP contribution in [-0.2, 0) is 24.7 Å². The molecule has 1 heterocycles. The molecule has 34 heavy (non-hydrogen) atoms. The molecule has 176 valence electrons. The summed E-state index contributed by atoms with van der Waals surface area (Å²) in [5.41, 5.74) is -0.278.